The Morgan fingerprint density at radius 3 is 1.44 bits per heavy atom. The Balaban J connectivity index is 0.000000892. The van der Waals surface area contributed by atoms with Gasteiger partial charge in [0.1, 0.15) is 0 Å². The van der Waals surface area contributed by atoms with Crippen molar-refractivity contribution in [3.05, 3.63) is 146 Å². The Labute approximate surface area is 347 Å². The first-order valence-corrected chi connectivity index (χ1v) is 21.5. The standard InChI is InChI=1S/C24H29.C22H25.2CH3.2ClH.Si.Zr/c1-16-14-20-19(12-13-22(21(20)15-16)24(5,6)7)17-8-10-18(11-9-17)23(2,3)4;1-15(2)18-13-17-7-6-8-20(21(17)14-18)16-9-11-19(12-10-16)22(3,4)5;;;;;;/h8-15H,1-7H3;6-15H,1-5H3;2*1H3;2*1H;;/q4*-1;;;;. The topological polar surface area (TPSA) is 0 Å². The molecule has 280 valence electrons. The number of halogens is 2. The summed E-state index contributed by atoms with van der Waals surface area (Å²) in [6.07, 6.45) is 0. The van der Waals surface area contributed by atoms with Crippen LogP contribution in [0, 0.1) is 21.8 Å². The van der Waals surface area contributed by atoms with Crippen LogP contribution in [0.15, 0.2) is 103 Å². The third kappa shape index (κ3) is 11.6. The van der Waals surface area contributed by atoms with Crippen molar-refractivity contribution in [1.29, 1.82) is 0 Å². The van der Waals surface area contributed by atoms with Crippen LogP contribution in [0.4, 0.5) is 0 Å². The maximum atomic E-state index is 3.06. The van der Waals surface area contributed by atoms with E-state index in [0.717, 1.165) is 0 Å². The van der Waals surface area contributed by atoms with E-state index in [0.29, 0.717) is 5.92 Å². The quantitative estimate of drug-likeness (QED) is 0.123. The van der Waals surface area contributed by atoms with Crippen LogP contribution >= 0.6 is 24.8 Å². The summed E-state index contributed by atoms with van der Waals surface area (Å²) in [6, 6.07) is 38.7. The Kier molecular flexibility index (Phi) is 19.1. The number of hydrogen-bond donors (Lipinski definition) is 0. The predicted molar refractivity (Wildman–Crippen MR) is 238 cm³/mol. The second kappa shape index (κ2) is 19.9. The van der Waals surface area contributed by atoms with Crippen LogP contribution in [-0.2, 0) is 39.6 Å². The van der Waals surface area contributed by atoms with Gasteiger partial charge in [0.2, 0.25) is 0 Å². The van der Waals surface area contributed by atoms with Crippen molar-refractivity contribution < 1.29 is 23.3 Å². The fraction of sp³-hybridized carbons (Fsp3) is 0.333. The van der Waals surface area contributed by atoms with Crippen LogP contribution in [0.3, 0.4) is 0 Å². The molecule has 0 aliphatic rings. The van der Waals surface area contributed by atoms with Gasteiger partial charge in [-0.3, -0.25) is 0 Å². The summed E-state index contributed by atoms with van der Waals surface area (Å²) in [5.41, 5.74) is 12.8. The normalized spacial score (nSPS) is 11.2. The number of rotatable bonds is 3. The van der Waals surface area contributed by atoms with Crippen LogP contribution in [-0.4, -0.2) is 6.88 Å². The molecule has 6 rings (SSSR count). The number of aryl methyl sites for hydroxylation is 1. The molecule has 0 atom stereocenters. The fourth-order valence-electron chi connectivity index (χ4n) is 6.49. The van der Waals surface area contributed by atoms with E-state index in [2.05, 4.69) is 193 Å². The van der Waals surface area contributed by atoms with E-state index in [1.807, 2.05) is 0 Å². The van der Waals surface area contributed by atoms with E-state index in [1.54, 1.807) is 0 Å². The number of benzene rings is 4. The van der Waals surface area contributed by atoms with Crippen LogP contribution in [0.25, 0.3) is 43.8 Å². The van der Waals surface area contributed by atoms with Crippen LogP contribution in [0.5, 0.6) is 0 Å². The Bertz CT molecular complexity index is 1970. The van der Waals surface area contributed by atoms with Gasteiger partial charge in [-0.25, -0.2) is 0 Å². The molecular weight excluding hydrogens is 767 g/mol. The average molecular weight is 829 g/mol. The first-order valence-electron chi connectivity index (χ1n) is 17.3. The summed E-state index contributed by atoms with van der Waals surface area (Å²) in [5, 5.41) is 5.50. The van der Waals surface area contributed by atoms with E-state index >= 15 is 0 Å². The molecule has 6 aromatic carbocycles. The summed E-state index contributed by atoms with van der Waals surface area (Å²) >= 11 is 1.36. The summed E-state index contributed by atoms with van der Waals surface area (Å²) in [5.74, 6) is 0.573. The van der Waals surface area contributed by atoms with Crippen molar-refractivity contribution in [2.75, 3.05) is 0 Å². The molecule has 0 bridgehead atoms. The van der Waals surface area contributed by atoms with E-state index in [4.69, 9.17) is 0 Å². The van der Waals surface area contributed by atoms with E-state index < -0.39 is 0 Å². The Morgan fingerprint density at radius 2 is 1.02 bits per heavy atom. The molecule has 0 unspecified atom stereocenters. The molecule has 0 aromatic heterocycles. The minimum absolute atomic E-state index is 0. The zero-order chi connectivity index (χ0) is 35.6. The summed E-state index contributed by atoms with van der Waals surface area (Å²) < 4.78 is 0. The van der Waals surface area contributed by atoms with Crippen molar-refractivity contribution in [3.63, 3.8) is 0 Å². The molecule has 4 heteroatoms. The van der Waals surface area contributed by atoms with Crippen LogP contribution < -0.4 is 0 Å². The second-order valence-electron chi connectivity index (χ2n) is 16.7. The molecule has 0 N–H and O–H groups in total. The zero-order valence-corrected chi connectivity index (χ0v) is 39.3. The molecule has 2 radical (unpaired) electrons. The van der Waals surface area contributed by atoms with Gasteiger partial charge in [-0.2, -0.15) is 12.1 Å². The first kappa shape index (κ1) is 49.8. The van der Waals surface area contributed by atoms with Crippen LogP contribution in [0.2, 0.25) is 0 Å². The summed E-state index contributed by atoms with van der Waals surface area (Å²) in [6.45, 7) is 30.2. The minimum atomic E-state index is 0. The van der Waals surface area contributed by atoms with Gasteiger partial charge in [0, 0.05) is 0 Å². The van der Waals surface area contributed by atoms with E-state index in [-0.39, 0.29) is 55.9 Å². The van der Waals surface area contributed by atoms with Gasteiger partial charge in [0.25, 0.3) is 0 Å². The van der Waals surface area contributed by atoms with Crippen molar-refractivity contribution in [3.8, 4) is 22.3 Å². The first-order chi connectivity index (χ1) is 22.4. The average Bonchev–Trinajstić information content (AvgIpc) is 3.64. The molecule has 0 amide bonds. The van der Waals surface area contributed by atoms with E-state index in [9.17, 15) is 0 Å². The van der Waals surface area contributed by atoms with E-state index in [1.165, 1.54) is 95.0 Å². The van der Waals surface area contributed by atoms with Crippen molar-refractivity contribution in [2.45, 2.75) is 105 Å². The summed E-state index contributed by atoms with van der Waals surface area (Å²) in [4.78, 5) is 0. The molecule has 0 aliphatic carbocycles. The molecule has 0 fully saturated rings. The van der Waals surface area contributed by atoms with Gasteiger partial charge in [-0.05, 0) is 44.4 Å². The molecule has 0 nitrogen and oxygen atoms in total. The molecule has 0 heterocycles. The third-order valence-electron chi connectivity index (χ3n) is 9.40. The van der Waals surface area contributed by atoms with Gasteiger partial charge in [0.05, 0.1) is 0 Å². The second-order valence-corrected chi connectivity index (χ2v) is 16.7. The molecule has 6 aromatic rings. The van der Waals surface area contributed by atoms with Crippen LogP contribution in [0.1, 0.15) is 110 Å². The van der Waals surface area contributed by atoms with Gasteiger partial charge in [-0.15, -0.1) is 93.4 Å². The molecule has 0 spiro atoms. The molecule has 52 heavy (non-hydrogen) atoms. The SMILES string of the molecule is CC(C)c1cc2c(-c3ccc(C(C)(C)C)cc3)cccc2[cH-]1.Cc1cc2c(-c3ccc(C(C)(C)C)cc3)ccc(C(C)(C)C)c2[cH-]1.Cl.Cl.[CH3-].[CH3-].[Si]=[Zr]. The fourth-order valence-corrected chi connectivity index (χ4v) is 6.49. The predicted octanol–water partition coefficient (Wildman–Crippen LogP) is 15.1. The maximum absolute atomic E-state index is 3.06. The molecule has 0 saturated carbocycles. The molecular formula is C48H62Cl2SiZr-4. The van der Waals surface area contributed by atoms with Crippen molar-refractivity contribution in [2.24, 2.45) is 0 Å². The third-order valence-corrected chi connectivity index (χ3v) is 9.40. The van der Waals surface area contributed by atoms with Gasteiger partial charge in [0.15, 0.2) is 0 Å². The van der Waals surface area contributed by atoms with Crippen molar-refractivity contribution >= 4 is 53.2 Å². The molecule has 0 aliphatic heterocycles. The van der Waals surface area contributed by atoms with Gasteiger partial charge < -0.3 is 14.9 Å². The summed E-state index contributed by atoms with van der Waals surface area (Å²) in [7, 11) is 0. The number of hydrogen-bond acceptors (Lipinski definition) is 0. The Hall–Kier alpha value is -2.22. The van der Waals surface area contributed by atoms with Gasteiger partial charge >= 0.3 is 30.2 Å². The Morgan fingerprint density at radius 1 is 0.558 bits per heavy atom. The molecule has 0 saturated heterocycles. The van der Waals surface area contributed by atoms with Gasteiger partial charge in [-0.1, -0.05) is 155 Å². The van der Waals surface area contributed by atoms with Crippen molar-refractivity contribution in [1.82, 2.24) is 0 Å². The number of fused-ring (bicyclic) bond motifs is 2. The monoisotopic (exact) mass is 826 g/mol. The zero-order valence-electron chi connectivity index (χ0n) is 34.2.